The molecule has 3 heteroatoms. The molecular formula is C15H16O3. The molecule has 0 amide bonds. The van der Waals surface area contributed by atoms with Gasteiger partial charge in [0, 0.05) is 0 Å². The molecule has 0 aromatic heterocycles. The molecule has 0 fully saturated rings. The summed E-state index contributed by atoms with van der Waals surface area (Å²) >= 11 is 0. The molecule has 0 radical (unpaired) electrons. The minimum atomic E-state index is -0.475. The van der Waals surface area contributed by atoms with E-state index in [9.17, 15) is 5.11 Å². The van der Waals surface area contributed by atoms with E-state index in [4.69, 9.17) is 9.84 Å². The first kappa shape index (κ1) is 12.6. The van der Waals surface area contributed by atoms with Gasteiger partial charge < -0.3 is 14.9 Å². The van der Waals surface area contributed by atoms with Gasteiger partial charge in [0.05, 0.1) is 12.7 Å². The maximum atomic E-state index is 9.40. The first-order chi connectivity index (χ1) is 8.69. The van der Waals surface area contributed by atoms with E-state index in [-0.39, 0.29) is 6.61 Å². The molecule has 2 aromatic carbocycles. The highest BCUT2D eigenvalue weighted by Gasteiger charge is 2.02. The van der Waals surface area contributed by atoms with Crippen molar-refractivity contribution < 1.29 is 14.9 Å². The zero-order chi connectivity index (χ0) is 13.0. The largest absolute Gasteiger partial charge is 0.457 e. The fraction of sp³-hybridized carbons (Fsp3) is 0.200. The van der Waals surface area contributed by atoms with Gasteiger partial charge in [0.25, 0.3) is 0 Å². The highest BCUT2D eigenvalue weighted by atomic mass is 16.5. The Hall–Kier alpha value is -1.84. The lowest BCUT2D eigenvalue weighted by Gasteiger charge is -2.09. The lowest BCUT2D eigenvalue weighted by molar-refractivity contribution is 0.199. The normalized spacial score (nSPS) is 12.2. The van der Waals surface area contributed by atoms with Gasteiger partial charge in [0.1, 0.15) is 11.5 Å². The molecule has 2 rings (SSSR count). The molecule has 3 nitrogen and oxygen atoms in total. The summed E-state index contributed by atoms with van der Waals surface area (Å²) in [5, 5.41) is 18.4. The van der Waals surface area contributed by atoms with Gasteiger partial charge in [-0.05, 0) is 42.3 Å². The molecule has 0 aliphatic carbocycles. The van der Waals surface area contributed by atoms with Crippen molar-refractivity contribution in [2.24, 2.45) is 0 Å². The Labute approximate surface area is 106 Å². The highest BCUT2D eigenvalue weighted by molar-refractivity contribution is 5.35. The minimum absolute atomic E-state index is 0.00182. The van der Waals surface area contributed by atoms with Crippen molar-refractivity contribution in [1.82, 2.24) is 0 Å². The summed E-state index contributed by atoms with van der Waals surface area (Å²) in [6.45, 7) is 1.72. The number of hydrogen-bond donors (Lipinski definition) is 2. The Bertz CT molecular complexity index is 503. The molecular weight excluding hydrogens is 228 g/mol. The molecule has 0 aliphatic rings. The van der Waals surface area contributed by atoms with Crippen LogP contribution < -0.4 is 4.74 Å². The van der Waals surface area contributed by atoms with E-state index in [1.165, 1.54) is 0 Å². The van der Waals surface area contributed by atoms with Crippen molar-refractivity contribution in [3.63, 3.8) is 0 Å². The zero-order valence-corrected chi connectivity index (χ0v) is 10.2. The Morgan fingerprint density at radius 2 is 1.78 bits per heavy atom. The van der Waals surface area contributed by atoms with E-state index < -0.39 is 6.10 Å². The molecule has 0 aliphatic heterocycles. The van der Waals surface area contributed by atoms with E-state index in [0.29, 0.717) is 11.5 Å². The highest BCUT2D eigenvalue weighted by Crippen LogP contribution is 2.24. The van der Waals surface area contributed by atoms with Gasteiger partial charge in [-0.15, -0.1) is 0 Å². The zero-order valence-electron chi connectivity index (χ0n) is 10.2. The SMILES string of the molecule is C[C@@H](O)c1ccc(Oc2cccc(CO)c2)cc1. The third kappa shape index (κ3) is 3.09. The average Bonchev–Trinajstić information content (AvgIpc) is 2.39. The second-order valence-corrected chi connectivity index (χ2v) is 4.15. The first-order valence-corrected chi connectivity index (χ1v) is 5.84. The summed E-state index contributed by atoms with van der Waals surface area (Å²) in [5.41, 5.74) is 1.67. The second-order valence-electron chi connectivity index (χ2n) is 4.15. The number of aliphatic hydroxyl groups excluding tert-OH is 2. The van der Waals surface area contributed by atoms with Crippen LogP contribution in [0, 0.1) is 0 Å². The summed E-state index contributed by atoms with van der Waals surface area (Å²) < 4.78 is 5.66. The quantitative estimate of drug-likeness (QED) is 0.869. The van der Waals surface area contributed by atoms with E-state index >= 15 is 0 Å². The predicted molar refractivity (Wildman–Crippen MR) is 69.5 cm³/mol. The molecule has 0 unspecified atom stereocenters. The van der Waals surface area contributed by atoms with Crippen molar-refractivity contribution >= 4 is 0 Å². The lowest BCUT2D eigenvalue weighted by atomic mass is 10.1. The molecule has 0 saturated heterocycles. The molecule has 0 saturated carbocycles. The minimum Gasteiger partial charge on any atom is -0.457 e. The van der Waals surface area contributed by atoms with Crippen LogP contribution in [0.3, 0.4) is 0 Å². The van der Waals surface area contributed by atoms with Crippen LogP contribution in [0.1, 0.15) is 24.2 Å². The second kappa shape index (κ2) is 5.67. The topological polar surface area (TPSA) is 49.7 Å². The molecule has 0 bridgehead atoms. The standard InChI is InChI=1S/C15H16O3/c1-11(17)13-5-7-14(8-6-13)18-15-4-2-3-12(9-15)10-16/h2-9,11,16-17H,10H2,1H3/t11-/m1/s1. The van der Waals surface area contributed by atoms with Crippen LogP contribution in [0.15, 0.2) is 48.5 Å². The number of benzene rings is 2. The van der Waals surface area contributed by atoms with Crippen molar-refractivity contribution in [1.29, 1.82) is 0 Å². The first-order valence-electron chi connectivity index (χ1n) is 5.84. The van der Waals surface area contributed by atoms with E-state index in [2.05, 4.69) is 0 Å². The molecule has 0 heterocycles. The van der Waals surface area contributed by atoms with Gasteiger partial charge in [-0.25, -0.2) is 0 Å². The average molecular weight is 244 g/mol. The molecule has 1 atom stereocenters. The monoisotopic (exact) mass is 244 g/mol. The van der Waals surface area contributed by atoms with E-state index in [1.807, 2.05) is 42.5 Å². The van der Waals surface area contributed by atoms with Crippen LogP contribution in [-0.4, -0.2) is 10.2 Å². The molecule has 18 heavy (non-hydrogen) atoms. The Kier molecular flexibility index (Phi) is 3.97. The predicted octanol–water partition coefficient (Wildman–Crippen LogP) is 3.02. The smallest absolute Gasteiger partial charge is 0.127 e. The Morgan fingerprint density at radius 3 is 2.39 bits per heavy atom. The van der Waals surface area contributed by atoms with Crippen molar-refractivity contribution in [3.8, 4) is 11.5 Å². The molecule has 0 spiro atoms. The number of ether oxygens (including phenoxy) is 1. The van der Waals surface area contributed by atoms with Gasteiger partial charge in [0.2, 0.25) is 0 Å². The Morgan fingerprint density at radius 1 is 1.06 bits per heavy atom. The van der Waals surface area contributed by atoms with Gasteiger partial charge in [0.15, 0.2) is 0 Å². The molecule has 94 valence electrons. The van der Waals surface area contributed by atoms with Crippen LogP contribution in [0.4, 0.5) is 0 Å². The van der Waals surface area contributed by atoms with Gasteiger partial charge >= 0.3 is 0 Å². The van der Waals surface area contributed by atoms with Crippen molar-refractivity contribution in [2.45, 2.75) is 19.6 Å². The van der Waals surface area contributed by atoms with Crippen molar-refractivity contribution in [2.75, 3.05) is 0 Å². The summed E-state index contributed by atoms with van der Waals surface area (Å²) in [4.78, 5) is 0. The van der Waals surface area contributed by atoms with Gasteiger partial charge in [-0.2, -0.15) is 0 Å². The summed E-state index contributed by atoms with van der Waals surface area (Å²) in [6.07, 6.45) is -0.475. The fourth-order valence-electron chi connectivity index (χ4n) is 1.66. The maximum Gasteiger partial charge on any atom is 0.127 e. The summed E-state index contributed by atoms with van der Waals surface area (Å²) in [7, 11) is 0. The maximum absolute atomic E-state index is 9.40. The van der Waals surface area contributed by atoms with Gasteiger partial charge in [-0.1, -0.05) is 24.3 Å². The third-order valence-corrected chi connectivity index (χ3v) is 2.68. The Balaban J connectivity index is 2.13. The number of aliphatic hydroxyl groups is 2. The summed E-state index contributed by atoms with van der Waals surface area (Å²) in [5.74, 6) is 1.39. The summed E-state index contributed by atoms with van der Waals surface area (Å²) in [6, 6.07) is 14.6. The van der Waals surface area contributed by atoms with Crippen LogP contribution in [0.25, 0.3) is 0 Å². The van der Waals surface area contributed by atoms with Crippen LogP contribution in [0.2, 0.25) is 0 Å². The third-order valence-electron chi connectivity index (χ3n) is 2.68. The fourth-order valence-corrected chi connectivity index (χ4v) is 1.66. The van der Waals surface area contributed by atoms with Crippen LogP contribution >= 0.6 is 0 Å². The number of rotatable bonds is 4. The van der Waals surface area contributed by atoms with E-state index in [0.717, 1.165) is 11.1 Å². The van der Waals surface area contributed by atoms with Gasteiger partial charge in [-0.3, -0.25) is 0 Å². The van der Waals surface area contributed by atoms with Crippen LogP contribution in [0.5, 0.6) is 11.5 Å². The van der Waals surface area contributed by atoms with Crippen molar-refractivity contribution in [3.05, 3.63) is 59.7 Å². The number of hydrogen-bond acceptors (Lipinski definition) is 3. The lowest BCUT2D eigenvalue weighted by Crippen LogP contribution is -1.91. The van der Waals surface area contributed by atoms with Crippen LogP contribution in [-0.2, 0) is 6.61 Å². The molecule has 2 N–H and O–H groups in total. The van der Waals surface area contributed by atoms with E-state index in [1.54, 1.807) is 13.0 Å². The molecule has 2 aromatic rings.